The largest absolute Gasteiger partial charge is 0.355 e. The number of aromatic nitrogens is 3. The van der Waals surface area contributed by atoms with E-state index in [0.717, 1.165) is 5.01 Å². The maximum atomic E-state index is 13.9. The van der Waals surface area contributed by atoms with E-state index in [-0.39, 0.29) is 30.0 Å². The van der Waals surface area contributed by atoms with E-state index in [9.17, 15) is 14.4 Å². The van der Waals surface area contributed by atoms with Gasteiger partial charge in [0.2, 0.25) is 5.95 Å². The standard InChI is InChI=1S/C27H24Cl2N6O3S/c1-15(24-31-10-12-39-24)32-27-33-22-14-34(25(37)17-5-8-20(28)21(29)13-17)11-9-19(22)26(38)35(27)18-6-3-16(4-7-18)23(36)30-2/h3-8,10,12-13,15H,9,11,14H2,1-2H3,(H,30,36)(H,32,33). The summed E-state index contributed by atoms with van der Waals surface area (Å²) in [6.07, 6.45) is 2.06. The monoisotopic (exact) mass is 582 g/mol. The number of hydrogen-bond acceptors (Lipinski definition) is 7. The maximum absolute atomic E-state index is 13.9. The lowest BCUT2D eigenvalue weighted by Gasteiger charge is -2.29. The number of anilines is 1. The number of fused-ring (bicyclic) bond motifs is 1. The molecule has 200 valence electrons. The number of rotatable bonds is 6. The smallest absolute Gasteiger partial charge is 0.263 e. The van der Waals surface area contributed by atoms with E-state index in [0.29, 0.717) is 57.0 Å². The van der Waals surface area contributed by atoms with Crippen molar-refractivity contribution in [3.05, 3.63) is 102 Å². The average molecular weight is 584 g/mol. The van der Waals surface area contributed by atoms with E-state index in [1.807, 2.05) is 12.3 Å². The summed E-state index contributed by atoms with van der Waals surface area (Å²) in [6, 6.07) is 11.3. The first-order valence-electron chi connectivity index (χ1n) is 12.1. The first-order chi connectivity index (χ1) is 18.8. The molecule has 0 radical (unpaired) electrons. The number of nitrogens with one attached hydrogen (secondary N) is 2. The molecule has 1 aliphatic heterocycles. The van der Waals surface area contributed by atoms with Crippen molar-refractivity contribution in [3.63, 3.8) is 0 Å². The van der Waals surface area contributed by atoms with Crippen molar-refractivity contribution in [1.29, 1.82) is 0 Å². The highest BCUT2D eigenvalue weighted by Crippen LogP contribution is 2.27. The predicted octanol–water partition coefficient (Wildman–Crippen LogP) is 4.73. The predicted molar refractivity (Wildman–Crippen MR) is 152 cm³/mol. The van der Waals surface area contributed by atoms with Gasteiger partial charge in [0, 0.05) is 41.9 Å². The summed E-state index contributed by atoms with van der Waals surface area (Å²) < 4.78 is 1.51. The first-order valence-corrected chi connectivity index (χ1v) is 13.8. The van der Waals surface area contributed by atoms with Crippen molar-refractivity contribution in [2.75, 3.05) is 18.9 Å². The van der Waals surface area contributed by atoms with Crippen LogP contribution in [-0.4, -0.2) is 44.8 Å². The molecule has 1 atom stereocenters. The lowest BCUT2D eigenvalue weighted by Crippen LogP contribution is -2.41. The van der Waals surface area contributed by atoms with Gasteiger partial charge in [-0.25, -0.2) is 14.5 Å². The second kappa shape index (κ2) is 11.2. The summed E-state index contributed by atoms with van der Waals surface area (Å²) in [7, 11) is 1.56. The van der Waals surface area contributed by atoms with E-state index in [1.54, 1.807) is 54.5 Å². The Morgan fingerprint density at radius 2 is 1.82 bits per heavy atom. The fourth-order valence-electron chi connectivity index (χ4n) is 4.42. The highest BCUT2D eigenvalue weighted by atomic mass is 35.5. The number of nitrogens with zero attached hydrogens (tertiary/aromatic N) is 4. The van der Waals surface area contributed by atoms with Gasteiger partial charge in [0.05, 0.1) is 34.0 Å². The van der Waals surface area contributed by atoms with Crippen LogP contribution in [0.2, 0.25) is 10.0 Å². The van der Waals surface area contributed by atoms with Crippen molar-refractivity contribution in [2.24, 2.45) is 0 Å². The molecule has 0 saturated heterocycles. The minimum atomic E-state index is -0.233. The van der Waals surface area contributed by atoms with Gasteiger partial charge in [-0.1, -0.05) is 23.2 Å². The molecule has 4 aromatic rings. The first kappa shape index (κ1) is 26.9. The third-order valence-electron chi connectivity index (χ3n) is 6.47. The maximum Gasteiger partial charge on any atom is 0.263 e. The van der Waals surface area contributed by atoms with Gasteiger partial charge in [-0.2, -0.15) is 0 Å². The SMILES string of the molecule is CNC(=O)c1ccc(-n2c(NC(C)c3nccs3)nc3c(c2=O)CCN(C(=O)c2ccc(Cl)c(Cl)c2)C3)cc1. The fourth-order valence-corrected chi connectivity index (χ4v) is 5.36. The molecule has 2 amide bonds. The van der Waals surface area contributed by atoms with Gasteiger partial charge in [-0.15, -0.1) is 11.3 Å². The molecule has 1 unspecified atom stereocenters. The van der Waals surface area contributed by atoms with Crippen molar-refractivity contribution < 1.29 is 9.59 Å². The zero-order valence-electron chi connectivity index (χ0n) is 21.1. The number of amides is 2. The van der Waals surface area contributed by atoms with E-state index < -0.39 is 0 Å². The quantitative estimate of drug-likeness (QED) is 0.340. The summed E-state index contributed by atoms with van der Waals surface area (Å²) in [6.45, 7) is 2.45. The van der Waals surface area contributed by atoms with Crippen LogP contribution in [-0.2, 0) is 13.0 Å². The number of carbonyl (C=O) groups excluding carboxylic acids is 2. The molecular weight excluding hydrogens is 559 g/mol. The topological polar surface area (TPSA) is 109 Å². The molecule has 0 bridgehead atoms. The molecule has 39 heavy (non-hydrogen) atoms. The summed E-state index contributed by atoms with van der Waals surface area (Å²) in [5.41, 5.74) is 2.27. The van der Waals surface area contributed by atoms with Gasteiger partial charge < -0.3 is 15.5 Å². The Morgan fingerprint density at radius 3 is 2.49 bits per heavy atom. The molecule has 3 heterocycles. The molecule has 0 spiro atoms. The molecule has 9 nitrogen and oxygen atoms in total. The molecule has 0 saturated carbocycles. The Morgan fingerprint density at radius 1 is 1.08 bits per heavy atom. The van der Waals surface area contributed by atoms with Gasteiger partial charge in [0.25, 0.3) is 17.4 Å². The van der Waals surface area contributed by atoms with E-state index >= 15 is 0 Å². The van der Waals surface area contributed by atoms with Gasteiger partial charge in [-0.05, 0) is 55.8 Å². The second-order valence-corrected chi connectivity index (χ2v) is 10.7. The Labute approximate surface area is 238 Å². The number of hydrogen-bond donors (Lipinski definition) is 2. The van der Waals surface area contributed by atoms with Crippen LogP contribution in [0.15, 0.2) is 58.8 Å². The summed E-state index contributed by atoms with van der Waals surface area (Å²) in [5.74, 6) is -0.126. The average Bonchev–Trinajstić information content (AvgIpc) is 3.49. The van der Waals surface area contributed by atoms with Crippen LogP contribution >= 0.6 is 34.5 Å². The lowest BCUT2D eigenvalue weighted by atomic mass is 10.0. The van der Waals surface area contributed by atoms with Crippen molar-refractivity contribution >= 4 is 52.3 Å². The normalized spacial score (nSPS) is 13.5. The van der Waals surface area contributed by atoms with Crippen LogP contribution in [0.25, 0.3) is 5.69 Å². The minimum absolute atomic E-state index is 0.167. The van der Waals surface area contributed by atoms with E-state index in [1.165, 1.54) is 22.0 Å². The van der Waals surface area contributed by atoms with Crippen LogP contribution in [0.3, 0.4) is 0 Å². The molecule has 2 aromatic carbocycles. The Hall–Kier alpha value is -3.73. The Bertz CT molecular complexity index is 1610. The van der Waals surface area contributed by atoms with Crippen LogP contribution < -0.4 is 16.2 Å². The highest BCUT2D eigenvalue weighted by Gasteiger charge is 2.28. The van der Waals surface area contributed by atoms with Crippen molar-refractivity contribution in [3.8, 4) is 5.69 Å². The summed E-state index contributed by atoms with van der Waals surface area (Å²) >= 11 is 13.6. The van der Waals surface area contributed by atoms with Crippen LogP contribution in [0.4, 0.5) is 5.95 Å². The number of thiazole rings is 1. The third-order valence-corrected chi connectivity index (χ3v) is 8.17. The van der Waals surface area contributed by atoms with Crippen LogP contribution in [0.1, 0.15) is 49.9 Å². The molecule has 1 aliphatic rings. The van der Waals surface area contributed by atoms with Gasteiger partial charge >= 0.3 is 0 Å². The summed E-state index contributed by atoms with van der Waals surface area (Å²) in [5, 5.41) is 9.30. The van der Waals surface area contributed by atoms with E-state index in [2.05, 4.69) is 15.6 Å². The van der Waals surface area contributed by atoms with Gasteiger partial charge in [0.15, 0.2) is 0 Å². The minimum Gasteiger partial charge on any atom is -0.355 e. The zero-order valence-corrected chi connectivity index (χ0v) is 23.4. The highest BCUT2D eigenvalue weighted by molar-refractivity contribution is 7.09. The van der Waals surface area contributed by atoms with Gasteiger partial charge in [0.1, 0.15) is 5.01 Å². The molecule has 0 fully saturated rings. The van der Waals surface area contributed by atoms with Crippen LogP contribution in [0.5, 0.6) is 0 Å². The van der Waals surface area contributed by atoms with Crippen molar-refractivity contribution in [2.45, 2.75) is 25.9 Å². The summed E-state index contributed by atoms with van der Waals surface area (Å²) in [4.78, 5) is 50.0. The lowest BCUT2D eigenvalue weighted by molar-refractivity contribution is 0.0731. The Kier molecular flexibility index (Phi) is 7.69. The molecular formula is C27H24Cl2N6O3S. The number of benzene rings is 2. The molecule has 2 aromatic heterocycles. The third kappa shape index (κ3) is 5.40. The fraction of sp³-hybridized carbons (Fsp3) is 0.222. The number of halogens is 2. The van der Waals surface area contributed by atoms with Gasteiger partial charge in [-0.3, -0.25) is 14.4 Å². The zero-order chi connectivity index (χ0) is 27.7. The molecule has 0 aliphatic carbocycles. The molecule has 5 rings (SSSR count). The molecule has 2 N–H and O–H groups in total. The number of carbonyl (C=O) groups is 2. The van der Waals surface area contributed by atoms with Crippen LogP contribution in [0, 0.1) is 0 Å². The van der Waals surface area contributed by atoms with E-state index in [4.69, 9.17) is 28.2 Å². The van der Waals surface area contributed by atoms with Crippen molar-refractivity contribution in [1.82, 2.24) is 24.8 Å². The molecule has 12 heteroatoms. The second-order valence-electron chi connectivity index (χ2n) is 8.97. The Balaban J connectivity index is 1.54.